The van der Waals surface area contributed by atoms with Gasteiger partial charge in [0.2, 0.25) is 0 Å². The molecule has 0 saturated carbocycles. The maximum absolute atomic E-state index is 7.62. The standard InChI is InChI=1S/C2H6O2.11C2H4/c3-1-2-4;11*1-2/h3-4H,1-2H2;11*1-2H2. The molecule has 0 aromatic carbocycles. The van der Waals surface area contributed by atoms with Gasteiger partial charge >= 0.3 is 0 Å². The lowest BCUT2D eigenvalue weighted by Gasteiger charge is -1.70. The highest BCUT2D eigenvalue weighted by Crippen LogP contribution is 1.39. The minimum atomic E-state index is -0.125. The van der Waals surface area contributed by atoms with Crippen LogP contribution in [0, 0.1) is 0 Å². The van der Waals surface area contributed by atoms with Gasteiger partial charge in [0.05, 0.1) is 13.2 Å². The minimum Gasteiger partial charge on any atom is -0.394 e. The molecular weight excluding hydrogens is 320 g/mol. The van der Waals surface area contributed by atoms with Crippen molar-refractivity contribution in [3.63, 3.8) is 0 Å². The largest absolute Gasteiger partial charge is 0.394 e. The molecule has 2 nitrogen and oxygen atoms in total. The third-order valence-corrected chi connectivity index (χ3v) is 0.1000. The van der Waals surface area contributed by atoms with Gasteiger partial charge in [0.15, 0.2) is 0 Å². The summed E-state index contributed by atoms with van der Waals surface area (Å²) in [5.74, 6) is 0. The molecule has 0 rings (SSSR count). The zero-order chi connectivity index (χ0) is 25.4. The summed E-state index contributed by atoms with van der Waals surface area (Å²) in [4.78, 5) is 0. The van der Waals surface area contributed by atoms with Crippen LogP contribution in [0.15, 0.2) is 145 Å². The van der Waals surface area contributed by atoms with E-state index in [1.54, 1.807) is 0 Å². The highest BCUT2D eigenvalue weighted by Gasteiger charge is 1.58. The summed E-state index contributed by atoms with van der Waals surface area (Å²) >= 11 is 0. The van der Waals surface area contributed by atoms with Crippen molar-refractivity contribution in [3.8, 4) is 0 Å². The second-order valence-electron chi connectivity index (χ2n) is 0.447. The molecular formula is C24H50O2. The van der Waals surface area contributed by atoms with Gasteiger partial charge in [0.25, 0.3) is 0 Å². The maximum Gasteiger partial charge on any atom is 0.0662 e. The van der Waals surface area contributed by atoms with Crippen LogP contribution in [-0.2, 0) is 0 Å². The first-order valence-electron chi connectivity index (χ1n) is 6.63. The Bertz CT molecular complexity index is 66.3. The van der Waals surface area contributed by atoms with Gasteiger partial charge in [0, 0.05) is 0 Å². The van der Waals surface area contributed by atoms with Crippen LogP contribution in [0.3, 0.4) is 0 Å². The average molecular weight is 371 g/mol. The van der Waals surface area contributed by atoms with Crippen LogP contribution in [0.1, 0.15) is 0 Å². The zero-order valence-electron chi connectivity index (χ0n) is 17.9. The molecule has 26 heavy (non-hydrogen) atoms. The third kappa shape index (κ3) is 2250. The van der Waals surface area contributed by atoms with Gasteiger partial charge in [-0.05, 0) is 0 Å². The molecule has 0 bridgehead atoms. The Morgan fingerprint density at radius 3 is 0.269 bits per heavy atom. The van der Waals surface area contributed by atoms with Crippen LogP contribution in [0.5, 0.6) is 0 Å². The maximum atomic E-state index is 7.62. The first-order chi connectivity index (χ1) is 12.9. The zero-order valence-corrected chi connectivity index (χ0v) is 17.9. The molecule has 0 aromatic rings. The molecule has 0 heterocycles. The summed E-state index contributed by atoms with van der Waals surface area (Å²) in [7, 11) is 0. The van der Waals surface area contributed by atoms with Crippen molar-refractivity contribution in [2.45, 2.75) is 0 Å². The lowest BCUT2D eigenvalue weighted by atomic mass is 10.8. The summed E-state index contributed by atoms with van der Waals surface area (Å²) in [5.41, 5.74) is 0. The molecule has 0 radical (unpaired) electrons. The van der Waals surface area contributed by atoms with Crippen LogP contribution < -0.4 is 0 Å². The van der Waals surface area contributed by atoms with Crippen molar-refractivity contribution in [1.29, 1.82) is 0 Å². The predicted octanol–water partition coefficient (Wildman–Crippen LogP) is 7.80. The molecule has 0 unspecified atom stereocenters. The SMILES string of the molecule is C=C.C=C.C=C.C=C.C=C.C=C.C=C.C=C.C=C.C=C.C=C.OCCO. The van der Waals surface area contributed by atoms with E-state index in [0.717, 1.165) is 0 Å². The Balaban J connectivity index is -0.00000000833. The van der Waals surface area contributed by atoms with Gasteiger partial charge in [-0.1, -0.05) is 0 Å². The van der Waals surface area contributed by atoms with E-state index in [-0.39, 0.29) is 13.2 Å². The topological polar surface area (TPSA) is 40.5 Å². The Kier molecular flexibility index (Phi) is 39100. The van der Waals surface area contributed by atoms with E-state index >= 15 is 0 Å². The molecule has 0 fully saturated rings. The van der Waals surface area contributed by atoms with E-state index in [9.17, 15) is 0 Å². The van der Waals surface area contributed by atoms with Crippen molar-refractivity contribution in [2.24, 2.45) is 0 Å². The quantitative estimate of drug-likeness (QED) is 0.462. The third-order valence-electron chi connectivity index (χ3n) is 0.1000. The predicted molar refractivity (Wildman–Crippen MR) is 138 cm³/mol. The van der Waals surface area contributed by atoms with E-state index in [4.69, 9.17) is 10.2 Å². The Morgan fingerprint density at radius 2 is 0.269 bits per heavy atom. The van der Waals surface area contributed by atoms with E-state index in [1.165, 1.54) is 0 Å². The molecule has 2 N–H and O–H groups in total. The number of hydrogen-bond acceptors (Lipinski definition) is 2. The van der Waals surface area contributed by atoms with Crippen molar-refractivity contribution < 1.29 is 10.2 Å². The summed E-state index contributed by atoms with van der Waals surface area (Å²) in [6.07, 6.45) is 0. The summed E-state index contributed by atoms with van der Waals surface area (Å²) in [6.45, 7) is 65.8. The average Bonchev–Trinajstić information content (AvgIpc) is 2.87. The van der Waals surface area contributed by atoms with Gasteiger partial charge in [-0.3, -0.25) is 0 Å². The molecule has 0 spiro atoms. The second-order valence-corrected chi connectivity index (χ2v) is 0.447. The number of aliphatic hydroxyl groups is 2. The van der Waals surface area contributed by atoms with Gasteiger partial charge in [-0.15, -0.1) is 145 Å². The summed E-state index contributed by atoms with van der Waals surface area (Å²) in [6, 6.07) is 0. The van der Waals surface area contributed by atoms with Gasteiger partial charge < -0.3 is 10.2 Å². The Morgan fingerprint density at radius 1 is 0.231 bits per heavy atom. The van der Waals surface area contributed by atoms with Crippen LogP contribution >= 0.6 is 0 Å². The van der Waals surface area contributed by atoms with Gasteiger partial charge in [0.1, 0.15) is 0 Å². The van der Waals surface area contributed by atoms with Gasteiger partial charge in [-0.2, -0.15) is 0 Å². The summed E-state index contributed by atoms with van der Waals surface area (Å²) in [5, 5.41) is 15.2. The number of rotatable bonds is 1. The van der Waals surface area contributed by atoms with Crippen LogP contribution in [0.4, 0.5) is 0 Å². The van der Waals surface area contributed by atoms with Crippen molar-refractivity contribution in [3.05, 3.63) is 145 Å². The van der Waals surface area contributed by atoms with Crippen molar-refractivity contribution in [2.75, 3.05) is 13.2 Å². The fourth-order valence-electron chi connectivity index (χ4n) is 0. The lowest BCUT2D eigenvalue weighted by Crippen LogP contribution is -1.85. The molecule has 0 aromatic heterocycles. The molecule has 0 saturated heterocycles. The number of hydrogen-bond donors (Lipinski definition) is 2. The number of aliphatic hydroxyl groups excluding tert-OH is 2. The van der Waals surface area contributed by atoms with Crippen molar-refractivity contribution >= 4 is 0 Å². The first-order valence-corrected chi connectivity index (χ1v) is 6.63. The molecule has 0 atom stereocenters. The smallest absolute Gasteiger partial charge is 0.0662 e. The highest BCUT2D eigenvalue weighted by atomic mass is 16.3. The molecule has 0 aliphatic rings. The second kappa shape index (κ2) is 11100. The van der Waals surface area contributed by atoms with Crippen molar-refractivity contribution in [1.82, 2.24) is 0 Å². The molecule has 2 heteroatoms. The molecule has 0 amide bonds. The van der Waals surface area contributed by atoms with Crippen LogP contribution in [0.2, 0.25) is 0 Å². The first kappa shape index (κ1) is 91.7. The van der Waals surface area contributed by atoms with E-state index < -0.39 is 0 Å². The van der Waals surface area contributed by atoms with E-state index in [0.29, 0.717) is 0 Å². The molecule has 158 valence electrons. The fourth-order valence-corrected chi connectivity index (χ4v) is 0. The lowest BCUT2D eigenvalue weighted by molar-refractivity contribution is 0.186. The summed E-state index contributed by atoms with van der Waals surface area (Å²) < 4.78 is 0. The van der Waals surface area contributed by atoms with E-state index in [2.05, 4.69) is 145 Å². The van der Waals surface area contributed by atoms with Crippen LogP contribution in [0.25, 0.3) is 0 Å². The van der Waals surface area contributed by atoms with Gasteiger partial charge in [-0.25, -0.2) is 0 Å². The fraction of sp³-hybridized carbons (Fsp3) is 0.0833. The monoisotopic (exact) mass is 370 g/mol. The van der Waals surface area contributed by atoms with E-state index in [1.807, 2.05) is 0 Å². The molecule has 0 aliphatic carbocycles. The normalized spacial score (nSPS) is 2.85. The Labute approximate surface area is 168 Å². The minimum absolute atomic E-state index is 0.125. The van der Waals surface area contributed by atoms with Crippen LogP contribution in [-0.4, -0.2) is 23.4 Å². The molecule has 0 aliphatic heterocycles. The Hall–Kier alpha value is -2.94. The highest BCUT2D eigenvalue weighted by molar-refractivity contribution is 4.24.